The maximum atomic E-state index is 12.3. The van der Waals surface area contributed by atoms with Gasteiger partial charge < -0.3 is 9.13 Å². The Kier molecular flexibility index (Phi) is 2.66. The molecule has 4 heteroatoms. The lowest BCUT2D eigenvalue weighted by Crippen LogP contribution is -2.46. The molecule has 0 fully saturated rings. The number of hydrogen-bond donors (Lipinski definition) is 0. The summed E-state index contributed by atoms with van der Waals surface area (Å²) in [6.07, 6.45) is 10.8. The van der Waals surface area contributed by atoms with Crippen LogP contribution in [0.5, 0.6) is 0 Å². The number of fused-ring (bicyclic) bond motifs is 1. The average Bonchev–Trinajstić information content (AvgIpc) is 2.80. The molecule has 0 N–H and O–H groups in total. The first kappa shape index (κ1) is 12.0. The average molecular weight is 255 g/mol. The predicted molar refractivity (Wildman–Crippen MR) is 75.8 cm³/mol. The molecule has 1 aliphatic rings. The summed E-state index contributed by atoms with van der Waals surface area (Å²) in [6, 6.07) is 0. The Labute approximate surface area is 111 Å². The van der Waals surface area contributed by atoms with E-state index in [4.69, 9.17) is 0 Å². The molecule has 0 bridgehead atoms. The van der Waals surface area contributed by atoms with Gasteiger partial charge in [0.15, 0.2) is 0 Å². The molecule has 1 atom stereocenters. The van der Waals surface area contributed by atoms with E-state index in [0.29, 0.717) is 5.92 Å². The topological polar surface area (TPSA) is 39.8 Å². The van der Waals surface area contributed by atoms with Gasteiger partial charge in [-0.1, -0.05) is 19.1 Å². The second kappa shape index (κ2) is 4.23. The lowest BCUT2D eigenvalue weighted by Gasteiger charge is -2.12. The minimum absolute atomic E-state index is 0.0655. The van der Waals surface area contributed by atoms with Crippen molar-refractivity contribution in [2.45, 2.75) is 13.3 Å². The van der Waals surface area contributed by atoms with Gasteiger partial charge in [-0.3, -0.25) is 4.79 Å². The van der Waals surface area contributed by atoms with Gasteiger partial charge in [-0.15, -0.1) is 0 Å². The summed E-state index contributed by atoms with van der Waals surface area (Å²) < 4.78 is 3.62. The van der Waals surface area contributed by atoms with E-state index >= 15 is 0 Å². The quantitative estimate of drug-likeness (QED) is 0.739. The van der Waals surface area contributed by atoms with Crippen molar-refractivity contribution in [1.29, 1.82) is 0 Å². The van der Waals surface area contributed by atoms with Crippen molar-refractivity contribution < 1.29 is 0 Å². The normalized spacial score (nSPS) is 17.5. The SMILES string of the molecule is CC1C=c2c(c(-c3nccn3C)cn(C)c2=O)=CC1. The molecule has 0 saturated carbocycles. The zero-order valence-corrected chi connectivity index (χ0v) is 11.4. The van der Waals surface area contributed by atoms with Crippen molar-refractivity contribution in [3.63, 3.8) is 0 Å². The Morgan fingerprint density at radius 1 is 1.26 bits per heavy atom. The lowest BCUT2D eigenvalue weighted by molar-refractivity contribution is 0.782. The summed E-state index contributed by atoms with van der Waals surface area (Å²) in [4.78, 5) is 16.6. The highest BCUT2D eigenvalue weighted by molar-refractivity contribution is 5.59. The molecule has 0 spiro atoms. The summed E-state index contributed by atoms with van der Waals surface area (Å²) in [5.41, 5.74) is 1.09. The van der Waals surface area contributed by atoms with E-state index in [1.54, 1.807) is 17.8 Å². The van der Waals surface area contributed by atoms with E-state index in [1.165, 1.54) is 0 Å². The fourth-order valence-corrected chi connectivity index (χ4v) is 2.61. The van der Waals surface area contributed by atoms with Crippen LogP contribution in [0, 0.1) is 5.92 Å². The van der Waals surface area contributed by atoms with Crippen molar-refractivity contribution in [2.75, 3.05) is 0 Å². The minimum Gasteiger partial charge on any atom is -0.334 e. The molecule has 4 nitrogen and oxygen atoms in total. The number of rotatable bonds is 1. The molecular weight excluding hydrogens is 238 g/mol. The van der Waals surface area contributed by atoms with Gasteiger partial charge in [0.1, 0.15) is 5.82 Å². The van der Waals surface area contributed by atoms with Gasteiger partial charge in [-0.05, 0) is 17.6 Å². The predicted octanol–water partition coefficient (Wildman–Crippen LogP) is 0.387. The monoisotopic (exact) mass is 255 g/mol. The summed E-state index contributed by atoms with van der Waals surface area (Å²) in [5.74, 6) is 1.31. The van der Waals surface area contributed by atoms with Crippen molar-refractivity contribution in [3.8, 4) is 11.4 Å². The first-order valence-corrected chi connectivity index (χ1v) is 6.47. The van der Waals surface area contributed by atoms with E-state index in [0.717, 1.165) is 28.2 Å². The molecule has 0 aliphatic heterocycles. The van der Waals surface area contributed by atoms with Crippen LogP contribution in [0.4, 0.5) is 0 Å². The highest BCUT2D eigenvalue weighted by atomic mass is 16.1. The van der Waals surface area contributed by atoms with Crippen LogP contribution in [-0.2, 0) is 14.1 Å². The van der Waals surface area contributed by atoms with Crippen LogP contribution in [0.1, 0.15) is 13.3 Å². The summed E-state index contributed by atoms with van der Waals surface area (Å²) in [6.45, 7) is 2.13. The molecule has 0 amide bonds. The van der Waals surface area contributed by atoms with Crippen LogP contribution in [0.3, 0.4) is 0 Å². The van der Waals surface area contributed by atoms with Gasteiger partial charge in [-0.25, -0.2) is 4.98 Å². The van der Waals surface area contributed by atoms with E-state index in [-0.39, 0.29) is 5.56 Å². The Balaban J connectivity index is 2.45. The van der Waals surface area contributed by atoms with E-state index in [2.05, 4.69) is 24.1 Å². The van der Waals surface area contributed by atoms with Crippen molar-refractivity contribution in [2.24, 2.45) is 20.0 Å². The van der Waals surface area contributed by atoms with E-state index in [1.807, 2.05) is 24.0 Å². The highest BCUT2D eigenvalue weighted by Crippen LogP contribution is 2.12. The van der Waals surface area contributed by atoms with E-state index in [9.17, 15) is 4.79 Å². The first-order valence-electron chi connectivity index (χ1n) is 6.47. The Bertz CT molecular complexity index is 811. The number of pyridine rings is 1. The molecule has 19 heavy (non-hydrogen) atoms. The Hall–Kier alpha value is -2.10. The van der Waals surface area contributed by atoms with Gasteiger partial charge in [-0.2, -0.15) is 0 Å². The third-order valence-electron chi connectivity index (χ3n) is 3.66. The first-order chi connectivity index (χ1) is 9.08. The molecule has 1 aliphatic carbocycles. The summed E-state index contributed by atoms with van der Waals surface area (Å²) >= 11 is 0. The van der Waals surface area contributed by atoms with Crippen LogP contribution < -0.4 is 16.0 Å². The molecule has 98 valence electrons. The molecule has 2 aromatic rings. The molecule has 2 heterocycles. The number of hydrogen-bond acceptors (Lipinski definition) is 2. The molecule has 3 rings (SSSR count). The van der Waals surface area contributed by atoms with E-state index < -0.39 is 0 Å². The molecule has 1 unspecified atom stereocenters. The van der Waals surface area contributed by atoms with Crippen molar-refractivity contribution in [1.82, 2.24) is 14.1 Å². The van der Waals surface area contributed by atoms with Crippen LogP contribution in [-0.4, -0.2) is 14.1 Å². The molecule has 2 aromatic heterocycles. The zero-order valence-electron chi connectivity index (χ0n) is 11.4. The van der Waals surface area contributed by atoms with Gasteiger partial charge in [0.2, 0.25) is 0 Å². The summed E-state index contributed by atoms with van der Waals surface area (Å²) in [5, 5.41) is 1.83. The molecular formula is C15H17N3O. The highest BCUT2D eigenvalue weighted by Gasteiger charge is 2.13. The lowest BCUT2D eigenvalue weighted by atomic mass is 9.98. The van der Waals surface area contributed by atoms with Crippen molar-refractivity contribution >= 4 is 12.2 Å². The molecule has 0 aromatic carbocycles. The number of imidazole rings is 1. The fraction of sp³-hybridized carbons (Fsp3) is 0.333. The number of aryl methyl sites for hydroxylation is 2. The van der Waals surface area contributed by atoms with Gasteiger partial charge >= 0.3 is 0 Å². The zero-order chi connectivity index (χ0) is 13.6. The standard InChI is InChI=1S/C15H17N3O/c1-10-4-5-11-12(8-10)15(19)18(3)9-13(11)14-16-6-7-17(14)2/h5-10H,4H2,1-3H3. The smallest absolute Gasteiger partial charge is 0.257 e. The third-order valence-corrected chi connectivity index (χ3v) is 3.66. The van der Waals surface area contributed by atoms with Crippen molar-refractivity contribution in [3.05, 3.63) is 39.4 Å². The number of aromatic nitrogens is 3. The minimum atomic E-state index is 0.0655. The van der Waals surface area contributed by atoms with Crippen LogP contribution in [0.2, 0.25) is 0 Å². The number of nitrogens with zero attached hydrogens (tertiary/aromatic N) is 3. The molecule has 0 saturated heterocycles. The second-order valence-corrected chi connectivity index (χ2v) is 5.23. The summed E-state index contributed by atoms with van der Waals surface area (Å²) in [7, 11) is 3.76. The van der Waals surface area contributed by atoms with Crippen LogP contribution in [0.15, 0.2) is 23.4 Å². The van der Waals surface area contributed by atoms with Crippen LogP contribution >= 0.6 is 0 Å². The Morgan fingerprint density at radius 3 is 2.74 bits per heavy atom. The van der Waals surface area contributed by atoms with Gasteiger partial charge in [0, 0.05) is 43.5 Å². The largest absolute Gasteiger partial charge is 0.334 e. The Morgan fingerprint density at radius 2 is 2.05 bits per heavy atom. The third kappa shape index (κ3) is 1.84. The van der Waals surface area contributed by atoms with Crippen LogP contribution in [0.25, 0.3) is 23.5 Å². The second-order valence-electron chi connectivity index (χ2n) is 5.23. The van der Waals surface area contributed by atoms with Gasteiger partial charge in [0.05, 0.1) is 0 Å². The maximum absolute atomic E-state index is 12.3. The van der Waals surface area contributed by atoms with Gasteiger partial charge in [0.25, 0.3) is 5.56 Å². The maximum Gasteiger partial charge on any atom is 0.257 e. The molecule has 0 radical (unpaired) electrons. The fourth-order valence-electron chi connectivity index (χ4n) is 2.61.